The van der Waals surface area contributed by atoms with E-state index in [1.54, 1.807) is 29.1 Å². The van der Waals surface area contributed by atoms with Gasteiger partial charge in [-0.05, 0) is 73.0 Å². The average molecular weight is 573 g/mol. The van der Waals surface area contributed by atoms with E-state index in [9.17, 15) is 30.8 Å². The average Bonchev–Trinajstić information content (AvgIpc) is 3.61. The van der Waals surface area contributed by atoms with Crippen LogP contribution in [0.15, 0.2) is 82.1 Å². The molecule has 3 heterocycles. The highest BCUT2D eigenvalue weighted by Crippen LogP contribution is 2.47. The summed E-state index contributed by atoms with van der Waals surface area (Å²) in [6.45, 7) is -0.277. The molecule has 6 rings (SSSR count). The van der Waals surface area contributed by atoms with Gasteiger partial charge in [0.1, 0.15) is 12.1 Å². The van der Waals surface area contributed by atoms with Crippen molar-refractivity contribution >= 4 is 21.9 Å². The van der Waals surface area contributed by atoms with Crippen LogP contribution in [0.2, 0.25) is 0 Å². The van der Waals surface area contributed by atoms with E-state index in [4.69, 9.17) is 4.42 Å². The van der Waals surface area contributed by atoms with E-state index in [2.05, 4.69) is 10.1 Å². The number of piperidine rings is 1. The number of sulfonamides is 1. The molecule has 2 aliphatic rings. The van der Waals surface area contributed by atoms with Crippen molar-refractivity contribution in [3.05, 3.63) is 101 Å². The van der Waals surface area contributed by atoms with Gasteiger partial charge in [-0.2, -0.15) is 22.6 Å². The topological polar surface area (TPSA) is 98.3 Å². The molecule has 1 aliphatic carbocycles. The summed E-state index contributed by atoms with van der Waals surface area (Å²) in [6, 6.07) is 9.01. The predicted octanol–water partition coefficient (Wildman–Crippen LogP) is 4.92. The Hall–Kier alpha value is -4.10. The summed E-state index contributed by atoms with van der Waals surface area (Å²) in [5, 5.41) is 4.43. The molecule has 0 saturated carbocycles. The molecule has 2 aromatic carbocycles. The van der Waals surface area contributed by atoms with Gasteiger partial charge in [-0.3, -0.25) is 4.79 Å². The summed E-state index contributed by atoms with van der Waals surface area (Å²) in [5.74, 6) is -1.11. The van der Waals surface area contributed by atoms with Gasteiger partial charge in [0.05, 0.1) is 39.6 Å². The SMILES string of the molecule is O=C(c1ncco1)[C@@]12Cc3cnn(-c4ccc(F)cc4)c3C=C1CCN(S(=O)(=O)c1ccc(C(F)(F)F)cc1)C2. The van der Waals surface area contributed by atoms with Gasteiger partial charge < -0.3 is 4.42 Å². The Morgan fingerprint density at radius 2 is 1.77 bits per heavy atom. The number of aromatic nitrogens is 3. The number of fused-ring (bicyclic) bond motifs is 2. The molecule has 40 heavy (non-hydrogen) atoms. The lowest BCUT2D eigenvalue weighted by Crippen LogP contribution is -2.53. The molecule has 0 bridgehead atoms. The lowest BCUT2D eigenvalue weighted by molar-refractivity contribution is -0.137. The van der Waals surface area contributed by atoms with Gasteiger partial charge in [0, 0.05) is 13.1 Å². The van der Waals surface area contributed by atoms with Crippen molar-refractivity contribution in [1.82, 2.24) is 19.1 Å². The van der Waals surface area contributed by atoms with Crippen LogP contribution in [0.25, 0.3) is 11.8 Å². The summed E-state index contributed by atoms with van der Waals surface area (Å²) < 4.78 is 87.8. The minimum atomic E-state index is -4.61. The van der Waals surface area contributed by atoms with E-state index < -0.39 is 38.8 Å². The molecular weight excluding hydrogens is 552 g/mol. The van der Waals surface area contributed by atoms with E-state index in [1.807, 2.05) is 0 Å². The lowest BCUT2D eigenvalue weighted by Gasteiger charge is -2.44. The Morgan fingerprint density at radius 3 is 2.42 bits per heavy atom. The number of hydrogen-bond donors (Lipinski definition) is 0. The van der Waals surface area contributed by atoms with Gasteiger partial charge in [0.2, 0.25) is 15.8 Å². The second-order valence-electron chi connectivity index (χ2n) is 9.65. The van der Waals surface area contributed by atoms with Crippen LogP contribution in [-0.2, 0) is 22.6 Å². The number of alkyl halides is 3. The van der Waals surface area contributed by atoms with Crippen molar-refractivity contribution < 1.29 is 35.2 Å². The maximum Gasteiger partial charge on any atom is 0.416 e. The molecule has 0 amide bonds. The number of oxazole rings is 1. The molecule has 0 spiro atoms. The fourth-order valence-electron chi connectivity index (χ4n) is 5.31. The zero-order valence-electron chi connectivity index (χ0n) is 20.6. The van der Waals surface area contributed by atoms with Crippen LogP contribution in [0.3, 0.4) is 0 Å². The van der Waals surface area contributed by atoms with Crippen LogP contribution >= 0.6 is 0 Å². The number of benzene rings is 2. The molecule has 206 valence electrons. The molecule has 1 aliphatic heterocycles. The number of carbonyl (C=O) groups is 1. The van der Waals surface area contributed by atoms with E-state index in [0.717, 1.165) is 16.4 Å². The molecule has 0 radical (unpaired) electrons. The number of ketones is 1. The van der Waals surface area contributed by atoms with Gasteiger partial charge in [0.15, 0.2) is 0 Å². The fraction of sp³-hybridized carbons (Fsp3) is 0.222. The number of halogens is 4. The smallest absolute Gasteiger partial charge is 0.416 e. The molecule has 4 aromatic rings. The predicted molar refractivity (Wildman–Crippen MR) is 133 cm³/mol. The normalized spacial score (nSPS) is 19.6. The third-order valence-corrected chi connectivity index (χ3v) is 9.19. The van der Waals surface area contributed by atoms with Gasteiger partial charge >= 0.3 is 6.18 Å². The lowest BCUT2D eigenvalue weighted by atomic mass is 9.66. The third kappa shape index (κ3) is 4.25. The maximum absolute atomic E-state index is 13.9. The number of carbonyl (C=O) groups excluding carboxylic acids is 1. The quantitative estimate of drug-likeness (QED) is 0.249. The summed E-state index contributed by atoms with van der Waals surface area (Å²) >= 11 is 0. The standard InChI is InChI=1S/C27H20F4N4O4S/c28-20-3-5-21(6-4-20)35-23-13-19-9-11-34(40(37,38)22-7-1-18(2-8-22)27(29,30)31)16-26(19,14-17(23)15-33-35)24(36)25-32-10-12-39-25/h1-8,10,12-13,15H,9,11,14,16H2/t26-/m1/s1. The first-order valence-electron chi connectivity index (χ1n) is 12.1. The Morgan fingerprint density at radius 1 is 1.05 bits per heavy atom. The highest BCUT2D eigenvalue weighted by molar-refractivity contribution is 7.89. The first kappa shape index (κ1) is 26.1. The summed E-state index contributed by atoms with van der Waals surface area (Å²) in [7, 11) is -4.26. The van der Waals surface area contributed by atoms with Gasteiger partial charge in [-0.1, -0.05) is 5.57 Å². The van der Waals surface area contributed by atoms with Crippen LogP contribution < -0.4 is 0 Å². The van der Waals surface area contributed by atoms with Crippen LogP contribution in [0.4, 0.5) is 17.6 Å². The zero-order chi connectivity index (χ0) is 28.3. The second-order valence-corrected chi connectivity index (χ2v) is 11.6. The fourth-order valence-corrected chi connectivity index (χ4v) is 6.81. The van der Waals surface area contributed by atoms with Crippen molar-refractivity contribution in [3.63, 3.8) is 0 Å². The monoisotopic (exact) mass is 572 g/mol. The molecule has 8 nitrogen and oxygen atoms in total. The largest absolute Gasteiger partial charge is 0.442 e. The van der Waals surface area contributed by atoms with Gasteiger partial charge in [-0.25, -0.2) is 22.5 Å². The van der Waals surface area contributed by atoms with Crippen molar-refractivity contribution in [3.8, 4) is 5.69 Å². The Balaban J connectivity index is 1.40. The number of Topliss-reactive ketones (excluding diaryl/α,β-unsaturated/α-hetero) is 1. The van der Waals surface area contributed by atoms with Crippen LogP contribution in [-0.4, -0.2) is 46.4 Å². The van der Waals surface area contributed by atoms with Crippen molar-refractivity contribution in [2.45, 2.75) is 23.9 Å². The molecular formula is C27H20F4N4O4S. The molecule has 0 unspecified atom stereocenters. The van der Waals surface area contributed by atoms with E-state index in [1.165, 1.54) is 24.6 Å². The zero-order valence-corrected chi connectivity index (χ0v) is 21.4. The minimum Gasteiger partial charge on any atom is -0.442 e. The number of nitrogens with zero attached hydrogens (tertiary/aromatic N) is 4. The third-order valence-electron chi connectivity index (χ3n) is 7.33. The first-order valence-corrected chi connectivity index (χ1v) is 13.6. The molecule has 1 saturated heterocycles. The summed E-state index contributed by atoms with van der Waals surface area (Å²) in [6.07, 6.45) is 1.55. The Labute approximate surface area is 225 Å². The van der Waals surface area contributed by atoms with Gasteiger partial charge in [-0.15, -0.1) is 0 Å². The second kappa shape index (κ2) is 9.24. The minimum absolute atomic E-state index is 0.00415. The summed E-state index contributed by atoms with van der Waals surface area (Å²) in [5.41, 5.74) is 0.229. The Kier molecular flexibility index (Phi) is 6.04. The number of hydrogen-bond acceptors (Lipinski definition) is 6. The molecule has 2 aromatic heterocycles. The highest BCUT2D eigenvalue weighted by Gasteiger charge is 2.52. The van der Waals surface area contributed by atoms with E-state index in [-0.39, 0.29) is 36.7 Å². The Bertz CT molecular complexity index is 1730. The van der Waals surface area contributed by atoms with E-state index in [0.29, 0.717) is 34.7 Å². The maximum atomic E-state index is 13.9. The van der Waals surface area contributed by atoms with E-state index >= 15 is 0 Å². The van der Waals surface area contributed by atoms with Crippen LogP contribution in [0.5, 0.6) is 0 Å². The molecule has 1 atom stereocenters. The molecule has 0 N–H and O–H groups in total. The highest BCUT2D eigenvalue weighted by atomic mass is 32.2. The molecule has 1 fully saturated rings. The van der Waals surface area contributed by atoms with Gasteiger partial charge in [0.25, 0.3) is 5.89 Å². The first-order chi connectivity index (χ1) is 19.0. The molecule has 13 heteroatoms. The number of rotatable bonds is 5. The van der Waals surface area contributed by atoms with Crippen molar-refractivity contribution in [1.29, 1.82) is 0 Å². The van der Waals surface area contributed by atoms with Crippen molar-refractivity contribution in [2.24, 2.45) is 5.41 Å². The summed E-state index contributed by atoms with van der Waals surface area (Å²) in [4.78, 5) is 17.6. The van der Waals surface area contributed by atoms with Crippen LogP contribution in [0.1, 0.15) is 33.9 Å². The van der Waals surface area contributed by atoms with Crippen molar-refractivity contribution in [2.75, 3.05) is 13.1 Å². The van der Waals surface area contributed by atoms with Crippen LogP contribution in [0, 0.1) is 11.2 Å².